The number of carbonyl (C=O) groups excluding carboxylic acids is 1. The minimum absolute atomic E-state index is 0.115. The van der Waals surface area contributed by atoms with E-state index in [9.17, 15) is 9.59 Å². The van der Waals surface area contributed by atoms with Crippen LogP contribution in [0.5, 0.6) is 0 Å². The van der Waals surface area contributed by atoms with Crippen molar-refractivity contribution < 1.29 is 9.53 Å². The molecule has 6 nitrogen and oxygen atoms in total. The fourth-order valence-corrected chi connectivity index (χ4v) is 4.02. The molecule has 7 heteroatoms. The predicted molar refractivity (Wildman–Crippen MR) is 77.0 cm³/mol. The first kappa shape index (κ1) is 13.1. The summed E-state index contributed by atoms with van der Waals surface area (Å²) in [6.07, 6.45) is 3.06. The van der Waals surface area contributed by atoms with Crippen molar-refractivity contribution in [2.75, 3.05) is 12.3 Å². The van der Waals surface area contributed by atoms with Gasteiger partial charge < -0.3 is 10.5 Å². The molecule has 20 heavy (non-hydrogen) atoms. The summed E-state index contributed by atoms with van der Waals surface area (Å²) in [4.78, 5) is 29.5. The lowest BCUT2D eigenvalue weighted by atomic mass is 10.2. The molecule has 0 spiro atoms. The van der Waals surface area contributed by atoms with E-state index in [0.29, 0.717) is 6.61 Å². The average molecular weight is 293 g/mol. The zero-order chi connectivity index (χ0) is 14.3. The zero-order valence-electron chi connectivity index (χ0n) is 11.1. The molecule has 0 saturated carbocycles. The number of ether oxygens (including phenoxy) is 1. The Labute approximate surface area is 119 Å². The highest BCUT2D eigenvalue weighted by atomic mass is 32.1. The van der Waals surface area contributed by atoms with Gasteiger partial charge in [0.1, 0.15) is 17.2 Å². The number of rotatable bonds is 3. The van der Waals surface area contributed by atoms with E-state index in [1.54, 1.807) is 6.92 Å². The molecule has 0 bridgehead atoms. The fourth-order valence-electron chi connectivity index (χ4n) is 2.63. The average Bonchev–Trinajstić information content (AvgIpc) is 2.94. The van der Waals surface area contributed by atoms with Gasteiger partial charge in [-0.1, -0.05) is 0 Å². The van der Waals surface area contributed by atoms with E-state index >= 15 is 0 Å². The topological polar surface area (TPSA) is 87.2 Å². The summed E-state index contributed by atoms with van der Waals surface area (Å²) >= 11 is 1.54. The van der Waals surface area contributed by atoms with E-state index < -0.39 is 11.7 Å². The molecule has 2 aromatic heterocycles. The van der Waals surface area contributed by atoms with Crippen LogP contribution in [0.25, 0.3) is 10.2 Å². The number of nitrogens with zero attached hydrogens (tertiary/aromatic N) is 2. The van der Waals surface area contributed by atoms with Crippen molar-refractivity contribution in [2.24, 2.45) is 0 Å². The zero-order valence-corrected chi connectivity index (χ0v) is 12.0. The summed E-state index contributed by atoms with van der Waals surface area (Å²) in [6.45, 7) is 1.91. The van der Waals surface area contributed by atoms with Gasteiger partial charge in [-0.25, -0.2) is 4.79 Å². The molecule has 0 aromatic carbocycles. The summed E-state index contributed by atoms with van der Waals surface area (Å²) in [5.74, 6) is -0.166. The normalized spacial score (nSPS) is 13.7. The van der Waals surface area contributed by atoms with Gasteiger partial charge >= 0.3 is 11.7 Å². The molecule has 2 aromatic rings. The number of thiophene rings is 1. The van der Waals surface area contributed by atoms with Crippen molar-refractivity contribution in [2.45, 2.75) is 32.7 Å². The van der Waals surface area contributed by atoms with Crippen molar-refractivity contribution in [1.29, 1.82) is 0 Å². The number of fused-ring (bicyclic) bond motifs is 3. The van der Waals surface area contributed by atoms with E-state index in [-0.39, 0.29) is 12.4 Å². The van der Waals surface area contributed by atoms with Crippen LogP contribution in [0.3, 0.4) is 0 Å². The van der Waals surface area contributed by atoms with Crippen molar-refractivity contribution in [3.8, 4) is 0 Å². The molecule has 106 valence electrons. The lowest BCUT2D eigenvalue weighted by Gasteiger charge is -2.08. The van der Waals surface area contributed by atoms with E-state index in [2.05, 4.69) is 4.98 Å². The van der Waals surface area contributed by atoms with Crippen LogP contribution in [0.15, 0.2) is 4.79 Å². The van der Waals surface area contributed by atoms with E-state index in [0.717, 1.165) is 29.5 Å². The molecule has 0 radical (unpaired) electrons. The van der Waals surface area contributed by atoms with E-state index in [1.807, 2.05) is 0 Å². The van der Waals surface area contributed by atoms with Crippen LogP contribution in [0, 0.1) is 0 Å². The number of hydrogen-bond donors (Lipinski definition) is 1. The SMILES string of the molecule is CCOC(=O)Cn1c(=O)nc(N)c2c3c(sc21)CCC3. The van der Waals surface area contributed by atoms with Crippen molar-refractivity contribution in [3.63, 3.8) is 0 Å². The largest absolute Gasteiger partial charge is 0.465 e. The Balaban J connectivity index is 2.17. The summed E-state index contributed by atoms with van der Waals surface area (Å²) < 4.78 is 6.27. The highest BCUT2D eigenvalue weighted by Crippen LogP contribution is 2.38. The van der Waals surface area contributed by atoms with Crippen LogP contribution in [0.2, 0.25) is 0 Å². The first-order chi connectivity index (χ1) is 9.61. The van der Waals surface area contributed by atoms with Gasteiger partial charge in [-0.3, -0.25) is 9.36 Å². The van der Waals surface area contributed by atoms with Gasteiger partial charge in [-0.15, -0.1) is 11.3 Å². The first-order valence-corrected chi connectivity index (χ1v) is 7.39. The summed E-state index contributed by atoms with van der Waals surface area (Å²) in [6, 6.07) is 0. The maximum atomic E-state index is 12.0. The van der Waals surface area contributed by atoms with Crippen molar-refractivity contribution >= 4 is 33.3 Å². The number of nitrogen functional groups attached to an aromatic ring is 1. The van der Waals surface area contributed by atoms with Crippen LogP contribution in [0.4, 0.5) is 5.82 Å². The number of hydrogen-bond acceptors (Lipinski definition) is 6. The Bertz CT molecular complexity index is 747. The molecular weight excluding hydrogens is 278 g/mol. The molecule has 0 amide bonds. The Morgan fingerprint density at radius 2 is 2.30 bits per heavy atom. The van der Waals surface area contributed by atoms with Gasteiger partial charge in [-0.2, -0.15) is 4.98 Å². The van der Waals surface area contributed by atoms with Gasteiger partial charge in [0.05, 0.1) is 12.0 Å². The molecule has 2 heterocycles. The van der Waals surface area contributed by atoms with Crippen LogP contribution < -0.4 is 11.4 Å². The fraction of sp³-hybridized carbons (Fsp3) is 0.462. The van der Waals surface area contributed by atoms with Crippen LogP contribution >= 0.6 is 11.3 Å². The van der Waals surface area contributed by atoms with Crippen LogP contribution in [-0.2, 0) is 28.9 Å². The molecule has 0 aliphatic heterocycles. The third-order valence-electron chi connectivity index (χ3n) is 3.44. The number of carbonyl (C=O) groups is 1. The Kier molecular flexibility index (Phi) is 3.21. The molecule has 0 saturated heterocycles. The lowest BCUT2D eigenvalue weighted by molar-refractivity contribution is -0.143. The highest BCUT2D eigenvalue weighted by Gasteiger charge is 2.23. The van der Waals surface area contributed by atoms with E-state index in [1.165, 1.54) is 26.3 Å². The lowest BCUT2D eigenvalue weighted by Crippen LogP contribution is -2.28. The molecular formula is C13H15N3O3S. The van der Waals surface area contributed by atoms with Gasteiger partial charge in [0, 0.05) is 4.88 Å². The number of aromatic nitrogens is 2. The smallest absolute Gasteiger partial charge is 0.351 e. The van der Waals surface area contributed by atoms with Crippen LogP contribution in [-0.4, -0.2) is 22.1 Å². The Morgan fingerprint density at radius 1 is 1.50 bits per heavy atom. The maximum absolute atomic E-state index is 12.0. The molecule has 3 rings (SSSR count). The maximum Gasteiger partial charge on any atom is 0.351 e. The number of anilines is 1. The van der Waals surface area contributed by atoms with Crippen LogP contribution in [0.1, 0.15) is 23.8 Å². The van der Waals surface area contributed by atoms with E-state index in [4.69, 9.17) is 10.5 Å². The van der Waals surface area contributed by atoms with Gasteiger partial charge in [0.2, 0.25) is 0 Å². The highest BCUT2D eigenvalue weighted by molar-refractivity contribution is 7.19. The van der Waals surface area contributed by atoms with Gasteiger partial charge in [0.15, 0.2) is 0 Å². The summed E-state index contributed by atoms with van der Waals surface area (Å²) in [5.41, 5.74) is 6.59. The minimum Gasteiger partial charge on any atom is -0.465 e. The third kappa shape index (κ3) is 1.98. The second-order valence-corrected chi connectivity index (χ2v) is 5.79. The minimum atomic E-state index is -0.497. The Morgan fingerprint density at radius 3 is 3.05 bits per heavy atom. The third-order valence-corrected chi connectivity index (χ3v) is 4.76. The molecule has 0 unspecified atom stereocenters. The van der Waals surface area contributed by atoms with Crippen molar-refractivity contribution in [3.05, 3.63) is 20.9 Å². The second kappa shape index (κ2) is 4.90. The van der Waals surface area contributed by atoms with Gasteiger partial charge in [0.25, 0.3) is 0 Å². The second-order valence-electron chi connectivity index (χ2n) is 4.71. The predicted octanol–water partition coefficient (Wildman–Crippen LogP) is 1.09. The molecule has 1 aliphatic carbocycles. The first-order valence-electron chi connectivity index (χ1n) is 6.58. The monoisotopic (exact) mass is 293 g/mol. The summed E-state index contributed by atoms with van der Waals surface area (Å²) in [7, 11) is 0. The molecule has 1 aliphatic rings. The molecule has 0 fully saturated rings. The van der Waals surface area contributed by atoms with Crippen molar-refractivity contribution in [1.82, 2.24) is 9.55 Å². The van der Waals surface area contributed by atoms with Gasteiger partial charge in [-0.05, 0) is 31.7 Å². The molecule has 2 N–H and O–H groups in total. The number of aryl methyl sites for hydroxylation is 2. The number of nitrogens with two attached hydrogens (primary N) is 1. The quantitative estimate of drug-likeness (QED) is 0.856. The standard InChI is InChI=1S/C13H15N3O3S/c1-2-19-9(17)6-16-12-10(11(14)15-13(16)18)7-4-3-5-8(7)20-12/h2-6H2,1H3,(H2,14,15,18). The summed E-state index contributed by atoms with van der Waals surface area (Å²) in [5, 5.41) is 0.839. The number of esters is 1. The Hall–Kier alpha value is -1.89. The molecule has 0 atom stereocenters.